The highest BCUT2D eigenvalue weighted by Gasteiger charge is 2.13. The van der Waals surface area contributed by atoms with E-state index in [0.717, 1.165) is 16.9 Å². The van der Waals surface area contributed by atoms with Gasteiger partial charge in [-0.05, 0) is 37.3 Å². The van der Waals surface area contributed by atoms with Crippen LogP contribution in [0.15, 0.2) is 36.4 Å². The summed E-state index contributed by atoms with van der Waals surface area (Å²) in [5.74, 6) is 1.25. The number of methoxy groups -OCH3 is 1. The largest absolute Gasteiger partial charge is 0.493 e. The fourth-order valence-corrected chi connectivity index (χ4v) is 2.60. The van der Waals surface area contributed by atoms with Crippen LogP contribution in [0.5, 0.6) is 11.5 Å². The van der Waals surface area contributed by atoms with Gasteiger partial charge < -0.3 is 20.1 Å². The Balaban J connectivity index is 2.09. The van der Waals surface area contributed by atoms with Gasteiger partial charge in [-0.1, -0.05) is 25.4 Å². The third kappa shape index (κ3) is 5.30. The Labute approximate surface area is 159 Å². The van der Waals surface area contributed by atoms with Gasteiger partial charge >= 0.3 is 0 Å². The van der Waals surface area contributed by atoms with E-state index < -0.39 is 0 Å². The Bertz CT molecular complexity index is 745. The zero-order chi connectivity index (χ0) is 19.1. The average molecular weight is 377 g/mol. The molecule has 0 heterocycles. The second-order valence-corrected chi connectivity index (χ2v) is 6.54. The number of nitrogens with one attached hydrogen (secondary N) is 2. The predicted molar refractivity (Wildman–Crippen MR) is 106 cm³/mol. The fraction of sp³-hybridized carbons (Fsp3) is 0.350. The quantitative estimate of drug-likeness (QED) is 0.684. The summed E-state index contributed by atoms with van der Waals surface area (Å²) in [4.78, 5) is 11.7. The molecule has 0 unspecified atom stereocenters. The molecule has 1 amide bonds. The maximum Gasteiger partial charge on any atom is 0.226 e. The summed E-state index contributed by atoms with van der Waals surface area (Å²) in [6.07, 6.45) is 0. The molecule has 0 radical (unpaired) electrons. The van der Waals surface area contributed by atoms with Gasteiger partial charge in [-0.3, -0.25) is 4.79 Å². The molecule has 5 nitrogen and oxygen atoms in total. The molecule has 0 saturated heterocycles. The lowest BCUT2D eigenvalue weighted by molar-refractivity contribution is -0.118. The molecule has 2 rings (SSSR count). The van der Waals surface area contributed by atoms with Crippen molar-refractivity contribution in [3.05, 3.63) is 47.0 Å². The fourth-order valence-electron chi connectivity index (χ4n) is 2.37. The van der Waals surface area contributed by atoms with Crippen molar-refractivity contribution in [3.8, 4) is 11.5 Å². The maximum absolute atomic E-state index is 11.7. The molecule has 0 atom stereocenters. The molecule has 26 heavy (non-hydrogen) atoms. The highest BCUT2D eigenvalue weighted by atomic mass is 35.5. The molecule has 2 N–H and O–H groups in total. The Morgan fingerprint density at radius 3 is 2.38 bits per heavy atom. The normalized spacial score (nSPS) is 10.5. The number of hydrogen-bond acceptors (Lipinski definition) is 4. The minimum atomic E-state index is -0.0532. The number of rotatable bonds is 8. The minimum absolute atomic E-state index is 0.00177. The van der Waals surface area contributed by atoms with Crippen LogP contribution in [0.3, 0.4) is 0 Å². The lowest BCUT2D eigenvalue weighted by Crippen LogP contribution is -2.17. The zero-order valence-corrected chi connectivity index (χ0v) is 16.3. The molecular weight excluding hydrogens is 352 g/mol. The SMILES string of the molecule is CCOc1c(CNc2ccc(NC(=O)C(C)C)cc2)cc(Cl)cc1OC. The molecule has 0 aliphatic rings. The first-order valence-corrected chi connectivity index (χ1v) is 8.96. The van der Waals surface area contributed by atoms with Crippen LogP contribution in [-0.4, -0.2) is 19.6 Å². The summed E-state index contributed by atoms with van der Waals surface area (Å²) in [7, 11) is 1.59. The van der Waals surface area contributed by atoms with Crippen LogP contribution in [0.2, 0.25) is 5.02 Å². The first-order chi connectivity index (χ1) is 12.4. The topological polar surface area (TPSA) is 59.6 Å². The van der Waals surface area contributed by atoms with Crippen molar-refractivity contribution in [2.24, 2.45) is 5.92 Å². The van der Waals surface area contributed by atoms with Crippen LogP contribution in [0.4, 0.5) is 11.4 Å². The summed E-state index contributed by atoms with van der Waals surface area (Å²) in [6.45, 7) is 6.72. The summed E-state index contributed by atoms with van der Waals surface area (Å²) in [5.41, 5.74) is 2.61. The van der Waals surface area contributed by atoms with Crippen LogP contribution in [0.1, 0.15) is 26.3 Å². The van der Waals surface area contributed by atoms with Crippen molar-refractivity contribution >= 4 is 28.9 Å². The molecular formula is C20H25ClN2O3. The van der Waals surface area contributed by atoms with E-state index in [4.69, 9.17) is 21.1 Å². The van der Waals surface area contributed by atoms with Gasteiger partial charge in [0.2, 0.25) is 5.91 Å². The van der Waals surface area contributed by atoms with E-state index in [-0.39, 0.29) is 11.8 Å². The van der Waals surface area contributed by atoms with Crippen molar-refractivity contribution in [2.45, 2.75) is 27.3 Å². The van der Waals surface area contributed by atoms with E-state index in [2.05, 4.69) is 10.6 Å². The molecule has 0 fully saturated rings. The van der Waals surface area contributed by atoms with Crippen molar-refractivity contribution in [1.82, 2.24) is 0 Å². The molecule has 140 valence electrons. The summed E-state index contributed by atoms with van der Waals surface area (Å²) < 4.78 is 11.1. The Morgan fingerprint density at radius 1 is 1.15 bits per heavy atom. The number of anilines is 2. The van der Waals surface area contributed by atoms with Crippen LogP contribution in [0, 0.1) is 5.92 Å². The van der Waals surface area contributed by atoms with Gasteiger partial charge in [0, 0.05) is 40.5 Å². The molecule has 2 aromatic carbocycles. The first kappa shape index (κ1) is 19.9. The van der Waals surface area contributed by atoms with E-state index in [1.54, 1.807) is 13.2 Å². The molecule has 0 aliphatic heterocycles. The van der Waals surface area contributed by atoms with E-state index in [1.807, 2.05) is 51.1 Å². The lowest BCUT2D eigenvalue weighted by atomic mass is 10.1. The number of carbonyl (C=O) groups excluding carboxylic acids is 1. The van der Waals surface area contributed by atoms with Crippen molar-refractivity contribution in [1.29, 1.82) is 0 Å². The van der Waals surface area contributed by atoms with E-state index in [0.29, 0.717) is 29.7 Å². The molecule has 0 spiro atoms. The smallest absolute Gasteiger partial charge is 0.226 e. The number of carbonyl (C=O) groups is 1. The third-order valence-electron chi connectivity index (χ3n) is 3.76. The number of ether oxygens (including phenoxy) is 2. The van der Waals surface area contributed by atoms with Gasteiger partial charge in [0.25, 0.3) is 0 Å². The number of halogens is 1. The highest BCUT2D eigenvalue weighted by Crippen LogP contribution is 2.35. The lowest BCUT2D eigenvalue weighted by Gasteiger charge is -2.16. The maximum atomic E-state index is 11.7. The number of amides is 1. The average Bonchev–Trinajstić information content (AvgIpc) is 2.62. The summed E-state index contributed by atoms with van der Waals surface area (Å²) in [6, 6.07) is 11.2. The molecule has 0 aromatic heterocycles. The monoisotopic (exact) mass is 376 g/mol. The predicted octanol–water partition coefficient (Wildman–Crippen LogP) is 4.95. The van der Waals surface area contributed by atoms with Crippen molar-refractivity contribution in [3.63, 3.8) is 0 Å². The van der Waals surface area contributed by atoms with E-state index in [9.17, 15) is 4.79 Å². The Hall–Kier alpha value is -2.40. The highest BCUT2D eigenvalue weighted by molar-refractivity contribution is 6.30. The molecule has 0 saturated carbocycles. The summed E-state index contributed by atoms with van der Waals surface area (Å²) >= 11 is 6.17. The van der Waals surface area contributed by atoms with E-state index >= 15 is 0 Å². The number of hydrogen-bond donors (Lipinski definition) is 2. The summed E-state index contributed by atoms with van der Waals surface area (Å²) in [5, 5.41) is 6.80. The Kier molecular flexibility index (Phi) is 7.16. The van der Waals surface area contributed by atoms with Gasteiger partial charge in [0.05, 0.1) is 13.7 Å². The molecule has 6 heteroatoms. The van der Waals surface area contributed by atoms with Gasteiger partial charge in [-0.2, -0.15) is 0 Å². The number of benzene rings is 2. The molecule has 0 aliphatic carbocycles. The van der Waals surface area contributed by atoms with Crippen LogP contribution >= 0.6 is 11.6 Å². The van der Waals surface area contributed by atoms with Crippen molar-refractivity contribution in [2.75, 3.05) is 24.4 Å². The van der Waals surface area contributed by atoms with Crippen LogP contribution in [-0.2, 0) is 11.3 Å². The zero-order valence-electron chi connectivity index (χ0n) is 15.6. The van der Waals surface area contributed by atoms with Gasteiger partial charge in [0.1, 0.15) is 0 Å². The van der Waals surface area contributed by atoms with Gasteiger partial charge in [0.15, 0.2) is 11.5 Å². The first-order valence-electron chi connectivity index (χ1n) is 8.58. The second-order valence-electron chi connectivity index (χ2n) is 6.10. The van der Waals surface area contributed by atoms with Gasteiger partial charge in [-0.25, -0.2) is 0 Å². The molecule has 2 aromatic rings. The second kappa shape index (κ2) is 9.34. The minimum Gasteiger partial charge on any atom is -0.493 e. The third-order valence-corrected chi connectivity index (χ3v) is 3.98. The van der Waals surface area contributed by atoms with Gasteiger partial charge in [-0.15, -0.1) is 0 Å². The van der Waals surface area contributed by atoms with Crippen LogP contribution in [0.25, 0.3) is 0 Å². The standard InChI is InChI=1S/C20H25ClN2O3/c1-5-26-19-14(10-15(21)11-18(19)25-4)12-22-16-6-8-17(9-7-16)23-20(24)13(2)3/h6-11,13,22H,5,12H2,1-4H3,(H,23,24). The van der Waals surface area contributed by atoms with Crippen molar-refractivity contribution < 1.29 is 14.3 Å². The van der Waals surface area contributed by atoms with Crippen LogP contribution < -0.4 is 20.1 Å². The van der Waals surface area contributed by atoms with E-state index in [1.165, 1.54) is 0 Å². The molecule has 0 bridgehead atoms. The Morgan fingerprint density at radius 2 is 1.81 bits per heavy atom.